The molecule has 9 nitrogen and oxygen atoms in total. The molecule has 1 unspecified atom stereocenters. The monoisotopic (exact) mass is 583 g/mol. The Hall–Kier alpha value is -4.23. The molecule has 0 aliphatic carbocycles. The lowest BCUT2D eigenvalue weighted by atomic mass is 9.99. The lowest BCUT2D eigenvalue weighted by molar-refractivity contribution is -0.131. The standard InChI is InChI=1S/C33H38FN7O2/c1-22-6-4-7-25-8-5-9-29(30(22)25)39-15-12-27-28(20-39)36-33(43-21-24-11-14-38(3)18-24)37-31(27)40-16-17-41(32(42)23(2)34)26(19-40)10-13-35/h4-9,24,26H,2,10-12,14-21H2,1,3H3/t24?,26-/m0/s1. The molecule has 10 heteroatoms. The number of carbonyl (C=O) groups excluding carboxylic acids is 1. The molecule has 2 atom stereocenters. The fourth-order valence-electron chi connectivity index (χ4n) is 6.79. The molecular weight excluding hydrogens is 545 g/mol. The fraction of sp³-hybridized carbons (Fsp3) is 0.455. The summed E-state index contributed by atoms with van der Waals surface area (Å²) in [6, 6.07) is 14.9. The molecule has 3 aliphatic heterocycles. The Bertz CT molecular complexity index is 1580. The summed E-state index contributed by atoms with van der Waals surface area (Å²) < 4.78 is 20.1. The van der Waals surface area contributed by atoms with E-state index in [0.29, 0.717) is 38.2 Å². The molecule has 6 rings (SSSR count). The van der Waals surface area contributed by atoms with Gasteiger partial charge in [-0.1, -0.05) is 36.9 Å². The van der Waals surface area contributed by atoms with Crippen molar-refractivity contribution < 1.29 is 13.9 Å². The Kier molecular flexibility index (Phi) is 8.17. The predicted molar refractivity (Wildman–Crippen MR) is 165 cm³/mol. The first kappa shape index (κ1) is 28.9. The number of aromatic nitrogens is 2. The van der Waals surface area contributed by atoms with Crippen molar-refractivity contribution in [3.8, 4) is 12.1 Å². The van der Waals surface area contributed by atoms with Crippen LogP contribution in [-0.2, 0) is 17.8 Å². The number of ether oxygens (including phenoxy) is 1. The highest BCUT2D eigenvalue weighted by molar-refractivity contribution is 5.97. The van der Waals surface area contributed by atoms with Gasteiger partial charge in [0, 0.05) is 55.3 Å². The van der Waals surface area contributed by atoms with Crippen molar-refractivity contribution in [2.24, 2.45) is 5.92 Å². The Labute approximate surface area is 252 Å². The normalized spacial score (nSPS) is 20.7. The number of carbonyl (C=O) groups is 1. The molecule has 1 aromatic heterocycles. The number of hydrogen-bond acceptors (Lipinski definition) is 8. The molecule has 0 radical (unpaired) electrons. The minimum atomic E-state index is -1.01. The van der Waals surface area contributed by atoms with Gasteiger partial charge in [0.15, 0.2) is 5.83 Å². The SMILES string of the molecule is C=C(F)C(=O)N1CCN(c2nc(OCC3CCN(C)C3)nc3c2CCN(c2cccc4cccc(C)c24)C3)C[C@@H]1CC#N. The third-order valence-corrected chi connectivity index (χ3v) is 8.99. The molecule has 0 saturated carbocycles. The summed E-state index contributed by atoms with van der Waals surface area (Å²) in [5.41, 5.74) is 4.41. The van der Waals surface area contributed by atoms with Crippen molar-refractivity contribution in [2.75, 3.05) is 62.7 Å². The number of benzene rings is 2. The van der Waals surface area contributed by atoms with Gasteiger partial charge in [-0.05, 0) is 50.4 Å². The molecule has 2 aromatic carbocycles. The van der Waals surface area contributed by atoms with E-state index in [2.05, 4.69) is 77.7 Å². The molecular formula is C33H38FN7O2. The van der Waals surface area contributed by atoms with E-state index >= 15 is 0 Å². The van der Waals surface area contributed by atoms with Crippen molar-refractivity contribution in [3.63, 3.8) is 0 Å². The summed E-state index contributed by atoms with van der Waals surface area (Å²) in [5, 5.41) is 12.0. The van der Waals surface area contributed by atoms with E-state index in [1.807, 2.05) is 0 Å². The first-order valence-electron chi connectivity index (χ1n) is 15.0. The summed E-state index contributed by atoms with van der Waals surface area (Å²) in [4.78, 5) is 30.6. The minimum Gasteiger partial charge on any atom is -0.463 e. The molecule has 3 aromatic rings. The van der Waals surface area contributed by atoms with Gasteiger partial charge in [0.25, 0.3) is 5.91 Å². The van der Waals surface area contributed by atoms with Crippen LogP contribution in [0.15, 0.2) is 48.8 Å². The molecule has 2 saturated heterocycles. The molecule has 0 bridgehead atoms. The van der Waals surface area contributed by atoms with Gasteiger partial charge in [0.1, 0.15) is 5.82 Å². The van der Waals surface area contributed by atoms with Crippen molar-refractivity contribution in [1.29, 1.82) is 5.26 Å². The van der Waals surface area contributed by atoms with Gasteiger partial charge in [-0.15, -0.1) is 0 Å². The second-order valence-corrected chi connectivity index (χ2v) is 12.0. The van der Waals surface area contributed by atoms with Crippen LogP contribution in [0.25, 0.3) is 10.8 Å². The van der Waals surface area contributed by atoms with E-state index in [0.717, 1.165) is 49.6 Å². The van der Waals surface area contributed by atoms with Crippen LogP contribution >= 0.6 is 0 Å². The van der Waals surface area contributed by atoms with Gasteiger partial charge in [0.05, 0.1) is 37.4 Å². The van der Waals surface area contributed by atoms with E-state index in [-0.39, 0.29) is 13.0 Å². The number of fused-ring (bicyclic) bond motifs is 2. The second kappa shape index (κ2) is 12.2. The Morgan fingerprint density at radius 2 is 1.93 bits per heavy atom. The smallest absolute Gasteiger partial charge is 0.318 e. The number of amides is 1. The van der Waals surface area contributed by atoms with Crippen molar-refractivity contribution in [1.82, 2.24) is 19.8 Å². The Balaban J connectivity index is 1.33. The highest BCUT2D eigenvalue weighted by Crippen LogP contribution is 2.36. The molecule has 0 N–H and O–H groups in total. The fourth-order valence-corrected chi connectivity index (χ4v) is 6.79. The van der Waals surface area contributed by atoms with Crippen molar-refractivity contribution >= 4 is 28.2 Å². The molecule has 4 heterocycles. The van der Waals surface area contributed by atoms with Crippen molar-refractivity contribution in [3.05, 3.63) is 65.6 Å². The molecule has 0 spiro atoms. The summed E-state index contributed by atoms with van der Waals surface area (Å²) in [6.07, 6.45) is 1.91. The number of likely N-dealkylation sites (tertiary alicyclic amines) is 1. The molecule has 2 fully saturated rings. The zero-order chi connectivity index (χ0) is 30.1. The van der Waals surface area contributed by atoms with E-state index in [4.69, 9.17) is 14.7 Å². The van der Waals surface area contributed by atoms with Crippen LogP contribution in [0.2, 0.25) is 0 Å². The van der Waals surface area contributed by atoms with E-state index in [9.17, 15) is 14.4 Å². The summed E-state index contributed by atoms with van der Waals surface area (Å²) in [5.74, 6) is -0.554. The van der Waals surface area contributed by atoms with Crippen LogP contribution < -0.4 is 14.5 Å². The van der Waals surface area contributed by atoms with E-state index in [1.54, 1.807) is 0 Å². The largest absolute Gasteiger partial charge is 0.463 e. The second-order valence-electron chi connectivity index (χ2n) is 12.0. The third-order valence-electron chi connectivity index (χ3n) is 8.99. The maximum absolute atomic E-state index is 13.8. The molecule has 224 valence electrons. The van der Waals surface area contributed by atoms with Gasteiger partial charge in [-0.2, -0.15) is 15.2 Å². The number of piperazine rings is 1. The maximum atomic E-state index is 13.8. The number of nitrogens with zero attached hydrogens (tertiary/aromatic N) is 7. The van der Waals surface area contributed by atoms with Gasteiger partial charge in [-0.25, -0.2) is 4.39 Å². The van der Waals surface area contributed by atoms with Crippen LogP contribution in [-0.4, -0.2) is 84.6 Å². The quantitative estimate of drug-likeness (QED) is 0.382. The lowest BCUT2D eigenvalue weighted by Gasteiger charge is -2.42. The minimum absolute atomic E-state index is 0.0928. The zero-order valence-corrected chi connectivity index (χ0v) is 24.9. The van der Waals surface area contributed by atoms with Crippen molar-refractivity contribution in [2.45, 2.75) is 38.8 Å². The average molecular weight is 584 g/mol. The summed E-state index contributed by atoms with van der Waals surface area (Å²) >= 11 is 0. The number of nitriles is 1. The molecule has 3 aliphatic rings. The predicted octanol–water partition coefficient (Wildman–Crippen LogP) is 4.25. The van der Waals surface area contributed by atoms with Crippen LogP contribution in [0.5, 0.6) is 6.01 Å². The van der Waals surface area contributed by atoms with Crippen LogP contribution in [0, 0.1) is 24.2 Å². The number of anilines is 2. The Morgan fingerprint density at radius 1 is 1.12 bits per heavy atom. The van der Waals surface area contributed by atoms with Gasteiger partial charge < -0.3 is 24.3 Å². The summed E-state index contributed by atoms with van der Waals surface area (Å²) in [7, 11) is 2.12. The van der Waals surface area contributed by atoms with Gasteiger partial charge in [-0.3, -0.25) is 4.79 Å². The van der Waals surface area contributed by atoms with Crippen LogP contribution in [0.3, 0.4) is 0 Å². The first-order valence-corrected chi connectivity index (χ1v) is 15.0. The number of hydrogen-bond donors (Lipinski definition) is 0. The third kappa shape index (κ3) is 5.87. The average Bonchev–Trinajstić information content (AvgIpc) is 3.43. The van der Waals surface area contributed by atoms with Crippen LogP contribution in [0.1, 0.15) is 29.7 Å². The molecule has 43 heavy (non-hydrogen) atoms. The topological polar surface area (TPSA) is 88.8 Å². The number of rotatable bonds is 7. The van der Waals surface area contributed by atoms with Gasteiger partial charge >= 0.3 is 6.01 Å². The highest BCUT2D eigenvalue weighted by atomic mass is 19.1. The number of halogens is 1. The number of aryl methyl sites for hydroxylation is 1. The summed E-state index contributed by atoms with van der Waals surface area (Å²) in [6.45, 7) is 10.4. The van der Waals surface area contributed by atoms with E-state index < -0.39 is 17.8 Å². The van der Waals surface area contributed by atoms with Gasteiger partial charge in [0.2, 0.25) is 0 Å². The molecule has 1 amide bonds. The van der Waals surface area contributed by atoms with E-state index in [1.165, 1.54) is 26.9 Å². The van der Waals surface area contributed by atoms with Crippen LogP contribution in [0.4, 0.5) is 15.9 Å². The zero-order valence-electron chi connectivity index (χ0n) is 24.9. The highest BCUT2D eigenvalue weighted by Gasteiger charge is 2.35. The Morgan fingerprint density at radius 3 is 2.67 bits per heavy atom. The lowest BCUT2D eigenvalue weighted by Crippen LogP contribution is -2.55. The first-order chi connectivity index (χ1) is 20.8. The maximum Gasteiger partial charge on any atom is 0.318 e.